The molecule has 0 aromatic heterocycles. The molecule has 0 saturated heterocycles. The summed E-state index contributed by atoms with van der Waals surface area (Å²) in [4.78, 5) is 14.2. The lowest BCUT2D eigenvalue weighted by atomic mass is 10.1. The van der Waals surface area contributed by atoms with Crippen molar-refractivity contribution in [1.82, 2.24) is 0 Å². The molecule has 0 aliphatic rings. The van der Waals surface area contributed by atoms with Crippen molar-refractivity contribution in [3.05, 3.63) is 46.3 Å². The molecule has 1 aromatic carbocycles. The Morgan fingerprint density at radius 3 is 2.68 bits per heavy atom. The first-order valence-corrected chi connectivity index (χ1v) is 5.93. The molecule has 0 unspecified atom stereocenters. The number of azide groups is 1. The molecule has 0 heterocycles. The van der Waals surface area contributed by atoms with E-state index in [1.807, 2.05) is 30.3 Å². The summed E-state index contributed by atoms with van der Waals surface area (Å²) in [5.74, 6) is -0.870. The van der Waals surface area contributed by atoms with Gasteiger partial charge in [0.05, 0.1) is 32.3 Å². The lowest BCUT2D eigenvalue weighted by molar-refractivity contribution is -0.150. The first kappa shape index (κ1) is 15.0. The van der Waals surface area contributed by atoms with Crippen LogP contribution in [0.1, 0.15) is 12.5 Å². The number of esters is 1. The number of ether oxygens (including phenoxy) is 2. The lowest BCUT2D eigenvalue weighted by Gasteiger charge is -2.21. The zero-order valence-corrected chi connectivity index (χ0v) is 11.0. The molecular weight excluding hydrogens is 246 g/mol. The van der Waals surface area contributed by atoms with Gasteiger partial charge in [0, 0.05) is 4.91 Å². The predicted molar refractivity (Wildman–Crippen MR) is 70.2 cm³/mol. The first-order chi connectivity index (χ1) is 9.19. The van der Waals surface area contributed by atoms with E-state index in [-0.39, 0.29) is 12.5 Å². The highest BCUT2D eigenvalue weighted by Gasteiger charge is 2.25. The van der Waals surface area contributed by atoms with Crippen molar-refractivity contribution in [3.63, 3.8) is 0 Å². The third-order valence-electron chi connectivity index (χ3n) is 2.76. The average Bonchev–Trinajstić information content (AvgIpc) is 2.47. The van der Waals surface area contributed by atoms with E-state index in [0.29, 0.717) is 6.61 Å². The SMILES string of the molecule is COC(=O)[C@@H](C)[C@H](CN=[N+]=[N-])OCc1ccccc1. The van der Waals surface area contributed by atoms with Gasteiger partial charge in [0.2, 0.25) is 0 Å². The maximum absolute atomic E-state index is 11.5. The zero-order chi connectivity index (χ0) is 14.1. The molecule has 1 rings (SSSR count). The lowest BCUT2D eigenvalue weighted by Crippen LogP contribution is -2.31. The fourth-order valence-corrected chi connectivity index (χ4v) is 1.59. The van der Waals surface area contributed by atoms with Crippen molar-refractivity contribution in [2.75, 3.05) is 13.7 Å². The molecule has 2 atom stereocenters. The molecule has 0 fully saturated rings. The van der Waals surface area contributed by atoms with Gasteiger partial charge in [-0.05, 0) is 18.0 Å². The first-order valence-electron chi connectivity index (χ1n) is 5.93. The van der Waals surface area contributed by atoms with Crippen LogP contribution in [-0.4, -0.2) is 25.7 Å². The Labute approximate surface area is 112 Å². The molecule has 0 spiro atoms. The van der Waals surface area contributed by atoms with Gasteiger partial charge in [-0.3, -0.25) is 4.79 Å². The second-order valence-corrected chi connectivity index (χ2v) is 4.06. The van der Waals surface area contributed by atoms with E-state index in [9.17, 15) is 4.79 Å². The van der Waals surface area contributed by atoms with Crippen LogP contribution in [0, 0.1) is 5.92 Å². The summed E-state index contributed by atoms with van der Waals surface area (Å²) >= 11 is 0. The second-order valence-electron chi connectivity index (χ2n) is 4.06. The molecule has 0 radical (unpaired) electrons. The highest BCUT2D eigenvalue weighted by molar-refractivity contribution is 5.72. The Morgan fingerprint density at radius 2 is 2.11 bits per heavy atom. The second kappa shape index (κ2) is 8.13. The maximum Gasteiger partial charge on any atom is 0.311 e. The molecule has 6 heteroatoms. The van der Waals surface area contributed by atoms with Crippen LogP contribution in [0.2, 0.25) is 0 Å². The predicted octanol–water partition coefficient (Wildman–Crippen LogP) is 2.69. The van der Waals surface area contributed by atoms with Crippen LogP contribution in [0.5, 0.6) is 0 Å². The summed E-state index contributed by atoms with van der Waals surface area (Å²) in [6.45, 7) is 2.14. The van der Waals surface area contributed by atoms with E-state index in [2.05, 4.69) is 14.8 Å². The Hall–Kier alpha value is -2.04. The van der Waals surface area contributed by atoms with E-state index in [1.54, 1.807) is 6.92 Å². The Bertz CT molecular complexity index is 444. The Balaban J connectivity index is 2.63. The van der Waals surface area contributed by atoms with Gasteiger partial charge in [-0.15, -0.1) is 0 Å². The number of carbonyl (C=O) groups excluding carboxylic acids is 1. The van der Waals surface area contributed by atoms with Gasteiger partial charge in [-0.1, -0.05) is 35.4 Å². The summed E-state index contributed by atoms with van der Waals surface area (Å²) in [7, 11) is 1.32. The fourth-order valence-electron chi connectivity index (χ4n) is 1.59. The van der Waals surface area contributed by atoms with Crippen LogP contribution in [0.3, 0.4) is 0 Å². The highest BCUT2D eigenvalue weighted by Crippen LogP contribution is 2.13. The molecule has 0 aliphatic heterocycles. The number of methoxy groups -OCH3 is 1. The molecule has 102 valence electrons. The summed E-state index contributed by atoms with van der Waals surface area (Å²) in [5.41, 5.74) is 9.36. The van der Waals surface area contributed by atoms with Gasteiger partial charge in [0.25, 0.3) is 0 Å². The van der Waals surface area contributed by atoms with E-state index < -0.39 is 12.0 Å². The molecule has 0 saturated carbocycles. The maximum atomic E-state index is 11.5. The van der Waals surface area contributed by atoms with Gasteiger partial charge in [-0.25, -0.2) is 0 Å². The number of rotatable bonds is 7. The van der Waals surface area contributed by atoms with Crippen molar-refractivity contribution in [3.8, 4) is 0 Å². The largest absolute Gasteiger partial charge is 0.469 e. The van der Waals surface area contributed by atoms with Gasteiger partial charge in [-0.2, -0.15) is 0 Å². The smallest absolute Gasteiger partial charge is 0.311 e. The molecule has 0 bridgehead atoms. The number of nitrogens with zero attached hydrogens (tertiary/aromatic N) is 3. The van der Waals surface area contributed by atoms with Crippen LogP contribution < -0.4 is 0 Å². The van der Waals surface area contributed by atoms with E-state index in [4.69, 9.17) is 10.3 Å². The third kappa shape index (κ3) is 4.99. The molecule has 0 amide bonds. The number of hydrogen-bond donors (Lipinski definition) is 0. The Kier molecular flexibility index (Phi) is 6.43. The van der Waals surface area contributed by atoms with Crippen molar-refractivity contribution >= 4 is 5.97 Å². The van der Waals surface area contributed by atoms with Crippen molar-refractivity contribution in [1.29, 1.82) is 0 Å². The number of hydrogen-bond acceptors (Lipinski definition) is 4. The minimum absolute atomic E-state index is 0.0968. The third-order valence-corrected chi connectivity index (χ3v) is 2.76. The minimum Gasteiger partial charge on any atom is -0.469 e. The number of carbonyl (C=O) groups is 1. The van der Waals surface area contributed by atoms with Crippen LogP contribution in [0.4, 0.5) is 0 Å². The van der Waals surface area contributed by atoms with E-state index in [1.165, 1.54) is 7.11 Å². The van der Waals surface area contributed by atoms with Crippen molar-refractivity contribution in [2.45, 2.75) is 19.6 Å². The van der Waals surface area contributed by atoms with E-state index in [0.717, 1.165) is 5.56 Å². The van der Waals surface area contributed by atoms with Gasteiger partial charge < -0.3 is 9.47 Å². The summed E-state index contributed by atoms with van der Waals surface area (Å²) in [5, 5.41) is 3.47. The summed E-state index contributed by atoms with van der Waals surface area (Å²) < 4.78 is 10.3. The quantitative estimate of drug-likeness (QED) is 0.328. The fraction of sp³-hybridized carbons (Fsp3) is 0.462. The minimum atomic E-state index is -0.497. The molecule has 0 aliphatic carbocycles. The molecule has 19 heavy (non-hydrogen) atoms. The average molecular weight is 263 g/mol. The van der Waals surface area contributed by atoms with Crippen LogP contribution in [-0.2, 0) is 20.9 Å². The van der Waals surface area contributed by atoms with Crippen molar-refractivity contribution in [2.24, 2.45) is 11.0 Å². The highest BCUT2D eigenvalue weighted by atomic mass is 16.5. The Morgan fingerprint density at radius 1 is 1.42 bits per heavy atom. The van der Waals surface area contributed by atoms with Crippen molar-refractivity contribution < 1.29 is 14.3 Å². The van der Waals surface area contributed by atoms with E-state index >= 15 is 0 Å². The molecule has 6 nitrogen and oxygen atoms in total. The number of benzene rings is 1. The van der Waals surface area contributed by atoms with Crippen LogP contribution in [0.25, 0.3) is 10.4 Å². The van der Waals surface area contributed by atoms with Gasteiger partial charge in [0.1, 0.15) is 0 Å². The molecule has 0 N–H and O–H groups in total. The monoisotopic (exact) mass is 263 g/mol. The normalized spacial score (nSPS) is 13.2. The van der Waals surface area contributed by atoms with Gasteiger partial charge >= 0.3 is 5.97 Å². The molecular formula is C13H17N3O3. The zero-order valence-electron chi connectivity index (χ0n) is 11.0. The topological polar surface area (TPSA) is 84.3 Å². The summed E-state index contributed by atoms with van der Waals surface area (Å²) in [6.07, 6.45) is -0.497. The van der Waals surface area contributed by atoms with Crippen LogP contribution in [0.15, 0.2) is 35.4 Å². The summed E-state index contributed by atoms with van der Waals surface area (Å²) in [6, 6.07) is 9.58. The molecule has 1 aromatic rings. The van der Waals surface area contributed by atoms with Crippen LogP contribution >= 0.6 is 0 Å². The standard InChI is InChI=1S/C13H17N3O3/c1-10(13(17)18-2)12(8-15-16-14)19-9-11-6-4-3-5-7-11/h3-7,10,12H,8-9H2,1-2H3/t10-,12-/m0/s1. The van der Waals surface area contributed by atoms with Gasteiger partial charge in [0.15, 0.2) is 0 Å².